The van der Waals surface area contributed by atoms with Crippen molar-refractivity contribution in [2.75, 3.05) is 0 Å². The lowest BCUT2D eigenvalue weighted by Crippen LogP contribution is -2.12. The van der Waals surface area contributed by atoms with Gasteiger partial charge in [0, 0.05) is 5.02 Å². The average Bonchev–Trinajstić information content (AvgIpc) is 2.63. The van der Waals surface area contributed by atoms with Gasteiger partial charge in [-0.15, -0.1) is 0 Å². The van der Waals surface area contributed by atoms with Crippen molar-refractivity contribution in [3.05, 3.63) is 56.9 Å². The second-order valence-electron chi connectivity index (χ2n) is 3.61. The van der Waals surface area contributed by atoms with E-state index in [1.54, 1.807) is 6.26 Å². The molecule has 16 heavy (non-hydrogen) atoms. The zero-order valence-electron chi connectivity index (χ0n) is 8.71. The van der Waals surface area contributed by atoms with Gasteiger partial charge in [-0.1, -0.05) is 17.7 Å². The first kappa shape index (κ1) is 11.7. The quantitative estimate of drug-likeness (QED) is 0.908. The third-order valence-corrected chi connectivity index (χ3v) is 3.38. The van der Waals surface area contributed by atoms with Crippen LogP contribution in [0.4, 0.5) is 0 Å². The molecule has 2 N–H and O–H groups in total. The topological polar surface area (TPSA) is 39.2 Å². The molecule has 0 bridgehead atoms. The van der Waals surface area contributed by atoms with Crippen LogP contribution in [0.1, 0.15) is 22.9 Å². The molecule has 0 saturated carbocycles. The first-order valence-corrected chi connectivity index (χ1v) is 6.01. The highest BCUT2D eigenvalue weighted by molar-refractivity contribution is 9.10. The van der Waals surface area contributed by atoms with Crippen molar-refractivity contribution in [3.63, 3.8) is 0 Å². The Morgan fingerprint density at radius 3 is 2.69 bits per heavy atom. The van der Waals surface area contributed by atoms with Gasteiger partial charge in [-0.05, 0) is 52.2 Å². The zero-order chi connectivity index (χ0) is 11.7. The van der Waals surface area contributed by atoms with Crippen LogP contribution in [0, 0.1) is 6.92 Å². The number of benzene rings is 1. The molecule has 0 fully saturated rings. The minimum absolute atomic E-state index is 0.276. The van der Waals surface area contributed by atoms with Gasteiger partial charge in [-0.25, -0.2) is 0 Å². The molecule has 1 heterocycles. The predicted octanol–water partition coefficient (Wildman–Crippen LogP) is 4.05. The molecule has 0 saturated heterocycles. The van der Waals surface area contributed by atoms with Gasteiger partial charge in [-0.2, -0.15) is 0 Å². The fourth-order valence-electron chi connectivity index (χ4n) is 1.66. The van der Waals surface area contributed by atoms with Crippen molar-refractivity contribution in [2.24, 2.45) is 5.73 Å². The summed E-state index contributed by atoms with van der Waals surface area (Å²) in [5.41, 5.74) is 8.22. The average molecular weight is 301 g/mol. The molecule has 4 heteroatoms. The van der Waals surface area contributed by atoms with E-state index in [2.05, 4.69) is 15.9 Å². The van der Waals surface area contributed by atoms with E-state index in [0.29, 0.717) is 5.02 Å². The van der Waals surface area contributed by atoms with Gasteiger partial charge in [0.2, 0.25) is 0 Å². The Balaban J connectivity index is 2.41. The van der Waals surface area contributed by atoms with Gasteiger partial charge in [0.1, 0.15) is 5.76 Å². The van der Waals surface area contributed by atoms with Crippen molar-refractivity contribution in [2.45, 2.75) is 13.0 Å². The monoisotopic (exact) mass is 299 g/mol. The van der Waals surface area contributed by atoms with Crippen LogP contribution in [0.3, 0.4) is 0 Å². The first-order valence-electron chi connectivity index (χ1n) is 4.84. The number of hydrogen-bond acceptors (Lipinski definition) is 2. The number of halogens is 2. The SMILES string of the molecule is Cc1cc(Cl)ccc1C(N)c1occc1Br. The van der Waals surface area contributed by atoms with Crippen molar-refractivity contribution in [3.8, 4) is 0 Å². The summed E-state index contributed by atoms with van der Waals surface area (Å²) in [6.45, 7) is 1.98. The number of nitrogens with two attached hydrogens (primary N) is 1. The molecule has 2 rings (SSSR count). The molecule has 1 aromatic heterocycles. The highest BCUT2D eigenvalue weighted by atomic mass is 79.9. The summed E-state index contributed by atoms with van der Waals surface area (Å²) in [5.74, 6) is 0.727. The van der Waals surface area contributed by atoms with E-state index in [9.17, 15) is 0 Å². The van der Waals surface area contributed by atoms with Crippen molar-refractivity contribution in [1.29, 1.82) is 0 Å². The third-order valence-electron chi connectivity index (χ3n) is 2.49. The van der Waals surface area contributed by atoms with E-state index >= 15 is 0 Å². The van der Waals surface area contributed by atoms with Gasteiger partial charge in [0.25, 0.3) is 0 Å². The minimum atomic E-state index is -0.276. The summed E-state index contributed by atoms with van der Waals surface area (Å²) < 4.78 is 6.24. The summed E-state index contributed by atoms with van der Waals surface area (Å²) in [4.78, 5) is 0. The Hall–Kier alpha value is -0.770. The zero-order valence-corrected chi connectivity index (χ0v) is 11.0. The van der Waals surface area contributed by atoms with E-state index in [1.165, 1.54) is 0 Å². The molecular formula is C12H11BrClNO. The lowest BCUT2D eigenvalue weighted by molar-refractivity contribution is 0.487. The van der Waals surface area contributed by atoms with Crippen molar-refractivity contribution >= 4 is 27.5 Å². The Morgan fingerprint density at radius 2 is 2.12 bits per heavy atom. The molecule has 0 aliphatic rings. The van der Waals surface area contributed by atoms with Crippen LogP contribution in [0.25, 0.3) is 0 Å². The number of aryl methyl sites for hydroxylation is 1. The maximum absolute atomic E-state index is 6.15. The highest BCUT2D eigenvalue weighted by Crippen LogP contribution is 2.30. The van der Waals surface area contributed by atoms with Crippen molar-refractivity contribution in [1.82, 2.24) is 0 Å². The molecule has 0 aliphatic heterocycles. The van der Waals surface area contributed by atoms with E-state index < -0.39 is 0 Å². The van der Waals surface area contributed by atoms with Gasteiger partial charge in [0.15, 0.2) is 0 Å². The Kier molecular flexibility index (Phi) is 3.38. The maximum Gasteiger partial charge on any atom is 0.139 e. The van der Waals surface area contributed by atoms with Gasteiger partial charge in [0.05, 0.1) is 16.8 Å². The summed E-state index contributed by atoms with van der Waals surface area (Å²) in [5, 5.41) is 0.715. The van der Waals surface area contributed by atoms with Gasteiger partial charge < -0.3 is 10.2 Å². The van der Waals surface area contributed by atoms with Crippen LogP contribution < -0.4 is 5.73 Å². The molecule has 0 aliphatic carbocycles. The van der Waals surface area contributed by atoms with Crippen LogP contribution in [0.2, 0.25) is 5.02 Å². The fourth-order valence-corrected chi connectivity index (χ4v) is 2.33. The number of furan rings is 1. The lowest BCUT2D eigenvalue weighted by Gasteiger charge is -2.13. The standard InChI is InChI=1S/C12H11BrClNO/c1-7-6-8(14)2-3-9(7)11(15)12-10(13)4-5-16-12/h2-6,11H,15H2,1H3. The minimum Gasteiger partial charge on any atom is -0.466 e. The molecular weight excluding hydrogens is 289 g/mol. The highest BCUT2D eigenvalue weighted by Gasteiger charge is 2.17. The molecule has 1 aromatic carbocycles. The van der Waals surface area contributed by atoms with Crippen LogP contribution >= 0.6 is 27.5 Å². The molecule has 0 spiro atoms. The van der Waals surface area contributed by atoms with E-state index in [1.807, 2.05) is 31.2 Å². The maximum atomic E-state index is 6.15. The Bertz CT molecular complexity index is 509. The van der Waals surface area contributed by atoms with E-state index in [0.717, 1.165) is 21.4 Å². The summed E-state index contributed by atoms with van der Waals surface area (Å²) in [6, 6.07) is 7.22. The van der Waals surface area contributed by atoms with E-state index in [-0.39, 0.29) is 6.04 Å². The number of rotatable bonds is 2. The molecule has 2 aromatic rings. The van der Waals surface area contributed by atoms with Crippen LogP contribution in [-0.4, -0.2) is 0 Å². The smallest absolute Gasteiger partial charge is 0.139 e. The molecule has 1 atom stereocenters. The normalized spacial score (nSPS) is 12.8. The molecule has 0 radical (unpaired) electrons. The fraction of sp³-hybridized carbons (Fsp3) is 0.167. The van der Waals surface area contributed by atoms with Crippen LogP contribution in [-0.2, 0) is 0 Å². The number of hydrogen-bond donors (Lipinski definition) is 1. The summed E-state index contributed by atoms with van der Waals surface area (Å²) in [6.07, 6.45) is 1.62. The van der Waals surface area contributed by atoms with E-state index in [4.69, 9.17) is 21.8 Å². The lowest BCUT2D eigenvalue weighted by atomic mass is 10.0. The Morgan fingerprint density at radius 1 is 1.38 bits per heavy atom. The Labute approximate surface area is 108 Å². The molecule has 0 amide bonds. The largest absolute Gasteiger partial charge is 0.466 e. The van der Waals surface area contributed by atoms with Crippen LogP contribution in [0.5, 0.6) is 0 Å². The van der Waals surface area contributed by atoms with Gasteiger partial charge in [-0.3, -0.25) is 0 Å². The second kappa shape index (κ2) is 4.62. The first-order chi connectivity index (χ1) is 7.59. The molecule has 84 valence electrons. The molecule has 1 unspecified atom stereocenters. The summed E-state index contributed by atoms with van der Waals surface area (Å²) >= 11 is 9.31. The third kappa shape index (κ3) is 2.17. The van der Waals surface area contributed by atoms with Crippen molar-refractivity contribution < 1.29 is 4.42 Å². The summed E-state index contributed by atoms with van der Waals surface area (Å²) in [7, 11) is 0. The van der Waals surface area contributed by atoms with Crippen LogP contribution in [0.15, 0.2) is 39.4 Å². The predicted molar refractivity (Wildman–Crippen MR) is 68.6 cm³/mol. The second-order valence-corrected chi connectivity index (χ2v) is 4.90. The van der Waals surface area contributed by atoms with Gasteiger partial charge >= 0.3 is 0 Å². The molecule has 2 nitrogen and oxygen atoms in total.